The Morgan fingerprint density at radius 3 is 1.18 bits per heavy atom. The fourth-order valence-electron chi connectivity index (χ4n) is 3.65. The first kappa shape index (κ1) is 30.7. The zero-order chi connectivity index (χ0) is 25.4. The third-order valence-corrected chi connectivity index (χ3v) is 5.24. The second kappa shape index (κ2) is 17.2. The molecule has 1 rings (SSSR count). The molecule has 192 valence electrons. The summed E-state index contributed by atoms with van der Waals surface area (Å²) in [6, 6.07) is -0.741. The Bertz CT molecular complexity index is 587. The average Bonchev–Trinajstić information content (AvgIpc) is 2.72. The number of rotatable bonds is 10. The Balaban J connectivity index is 0.00000497. The number of aliphatic carboxylic acids is 4. The van der Waals surface area contributed by atoms with E-state index in [4.69, 9.17) is 5.11 Å². The topological polar surface area (TPSA) is 162 Å². The summed E-state index contributed by atoms with van der Waals surface area (Å²) >= 11 is 0. The summed E-state index contributed by atoms with van der Waals surface area (Å²) < 4.78 is 0. The van der Waals surface area contributed by atoms with Gasteiger partial charge in [-0.3, -0.25) is 38.8 Å². The average molecular weight is 477 g/mol. The van der Waals surface area contributed by atoms with E-state index in [-0.39, 0.29) is 19.6 Å². The maximum Gasteiger partial charge on any atom is 0.320 e. The van der Waals surface area contributed by atoms with Crippen LogP contribution in [0.2, 0.25) is 0 Å². The van der Waals surface area contributed by atoms with Gasteiger partial charge in [-0.1, -0.05) is 27.2 Å². The standard InChI is InChI=1S/C19H34N4O8.C2H6/c1-2-3-15(19(30)31)23-10-8-21(13-17(26)27)6-4-20(12-16(24)25)5-7-22(9-11-23)14-18(28)29;1-2/h15H,2-14H2,1H3,(H,24,25)(H,26,27)(H,28,29)(H,30,31);1-2H3. The van der Waals surface area contributed by atoms with E-state index < -0.39 is 29.9 Å². The second-order valence-corrected chi connectivity index (χ2v) is 7.69. The molecule has 0 aromatic carbocycles. The molecule has 0 aliphatic carbocycles. The van der Waals surface area contributed by atoms with Crippen LogP contribution in [0, 0.1) is 0 Å². The minimum atomic E-state index is -1.02. The Morgan fingerprint density at radius 1 is 0.636 bits per heavy atom. The summed E-state index contributed by atoms with van der Waals surface area (Å²) in [6.07, 6.45) is 1.09. The monoisotopic (exact) mass is 476 g/mol. The summed E-state index contributed by atoms with van der Waals surface area (Å²) in [7, 11) is 0. The molecule has 1 saturated heterocycles. The van der Waals surface area contributed by atoms with E-state index in [1.807, 2.05) is 20.8 Å². The van der Waals surface area contributed by atoms with Gasteiger partial charge in [0.05, 0.1) is 19.6 Å². The minimum absolute atomic E-state index is 0.231. The molecule has 0 aromatic rings. The van der Waals surface area contributed by atoms with Gasteiger partial charge in [-0.25, -0.2) is 0 Å². The van der Waals surface area contributed by atoms with Crippen molar-refractivity contribution in [3.8, 4) is 0 Å². The molecule has 1 unspecified atom stereocenters. The Hall–Kier alpha value is -2.28. The van der Waals surface area contributed by atoms with Crippen LogP contribution < -0.4 is 0 Å². The Labute approximate surface area is 195 Å². The van der Waals surface area contributed by atoms with E-state index in [2.05, 4.69) is 0 Å². The smallest absolute Gasteiger partial charge is 0.320 e. The zero-order valence-corrected chi connectivity index (χ0v) is 20.0. The largest absolute Gasteiger partial charge is 0.480 e. The molecular weight excluding hydrogens is 436 g/mol. The fraction of sp³-hybridized carbons (Fsp3) is 0.810. The summed E-state index contributed by atoms with van der Waals surface area (Å²) in [4.78, 5) is 52.3. The van der Waals surface area contributed by atoms with Crippen LogP contribution >= 0.6 is 0 Å². The van der Waals surface area contributed by atoms with Crippen LogP contribution in [0.15, 0.2) is 0 Å². The predicted molar refractivity (Wildman–Crippen MR) is 121 cm³/mol. The molecule has 1 aliphatic heterocycles. The van der Waals surface area contributed by atoms with Crippen LogP contribution in [-0.2, 0) is 19.2 Å². The van der Waals surface area contributed by atoms with Crippen molar-refractivity contribution in [3.05, 3.63) is 0 Å². The van der Waals surface area contributed by atoms with Crippen LogP contribution in [0.5, 0.6) is 0 Å². The maximum atomic E-state index is 11.8. The van der Waals surface area contributed by atoms with Crippen LogP contribution in [0.4, 0.5) is 0 Å². The second-order valence-electron chi connectivity index (χ2n) is 7.69. The molecule has 0 spiro atoms. The molecule has 12 nitrogen and oxygen atoms in total. The number of carboxylic acids is 4. The minimum Gasteiger partial charge on any atom is -0.480 e. The normalized spacial score (nSPS) is 18.8. The van der Waals surface area contributed by atoms with Crippen molar-refractivity contribution < 1.29 is 39.6 Å². The third-order valence-electron chi connectivity index (χ3n) is 5.24. The number of hydrogen-bond acceptors (Lipinski definition) is 8. The third kappa shape index (κ3) is 13.8. The van der Waals surface area contributed by atoms with E-state index in [0.29, 0.717) is 65.2 Å². The van der Waals surface area contributed by atoms with E-state index in [1.165, 1.54) is 0 Å². The fourth-order valence-corrected chi connectivity index (χ4v) is 3.65. The zero-order valence-electron chi connectivity index (χ0n) is 20.0. The van der Waals surface area contributed by atoms with Gasteiger partial charge in [-0.15, -0.1) is 0 Å². The van der Waals surface area contributed by atoms with Gasteiger partial charge < -0.3 is 20.4 Å². The molecule has 1 fully saturated rings. The quantitative estimate of drug-likeness (QED) is 0.327. The number of carboxylic acid groups (broad SMARTS) is 4. The number of carbonyl (C=O) groups is 4. The molecule has 0 bridgehead atoms. The summed E-state index contributed by atoms with van der Waals surface area (Å²) in [5.74, 6) is -4.01. The first-order valence-corrected chi connectivity index (χ1v) is 11.4. The van der Waals surface area contributed by atoms with Gasteiger partial charge >= 0.3 is 23.9 Å². The lowest BCUT2D eigenvalue weighted by Gasteiger charge is -2.35. The Kier molecular flexibility index (Phi) is 16.0. The maximum absolute atomic E-state index is 11.8. The lowest BCUT2D eigenvalue weighted by molar-refractivity contribution is -0.145. The highest BCUT2D eigenvalue weighted by Crippen LogP contribution is 2.10. The molecule has 1 atom stereocenters. The summed E-state index contributed by atoms with van der Waals surface area (Å²) in [6.45, 7) is 7.64. The van der Waals surface area contributed by atoms with Gasteiger partial charge in [-0.2, -0.15) is 0 Å². The predicted octanol–water partition coefficient (Wildman–Crippen LogP) is -0.259. The van der Waals surface area contributed by atoms with E-state index in [0.717, 1.165) is 0 Å². The molecule has 4 N–H and O–H groups in total. The van der Waals surface area contributed by atoms with Crippen molar-refractivity contribution >= 4 is 23.9 Å². The highest BCUT2D eigenvalue weighted by atomic mass is 16.4. The van der Waals surface area contributed by atoms with Crippen molar-refractivity contribution in [2.45, 2.75) is 39.7 Å². The lowest BCUT2D eigenvalue weighted by atomic mass is 10.1. The molecule has 12 heteroatoms. The first-order chi connectivity index (χ1) is 15.6. The van der Waals surface area contributed by atoms with Gasteiger partial charge in [0.25, 0.3) is 0 Å². The molecule has 1 heterocycles. The van der Waals surface area contributed by atoms with Gasteiger partial charge in [0.1, 0.15) is 6.04 Å². The molecule has 0 saturated carbocycles. The molecule has 0 aromatic heterocycles. The summed E-state index contributed by atoms with van der Waals surface area (Å²) in [5.41, 5.74) is 0. The van der Waals surface area contributed by atoms with Crippen LogP contribution in [0.1, 0.15) is 33.6 Å². The Morgan fingerprint density at radius 2 is 0.939 bits per heavy atom. The molecule has 33 heavy (non-hydrogen) atoms. The number of hydrogen-bond donors (Lipinski definition) is 4. The highest BCUT2D eigenvalue weighted by Gasteiger charge is 2.27. The van der Waals surface area contributed by atoms with Gasteiger partial charge in [0.2, 0.25) is 0 Å². The van der Waals surface area contributed by atoms with Crippen molar-refractivity contribution in [2.75, 3.05) is 72.0 Å². The van der Waals surface area contributed by atoms with Gasteiger partial charge in [0.15, 0.2) is 0 Å². The molecule has 0 amide bonds. The molecule has 1 aliphatic rings. The van der Waals surface area contributed by atoms with E-state index in [9.17, 15) is 34.5 Å². The highest BCUT2D eigenvalue weighted by molar-refractivity contribution is 5.73. The van der Waals surface area contributed by atoms with Crippen molar-refractivity contribution in [2.24, 2.45) is 0 Å². The first-order valence-electron chi connectivity index (χ1n) is 11.4. The molecule has 0 radical (unpaired) electrons. The van der Waals surface area contributed by atoms with Crippen LogP contribution in [0.3, 0.4) is 0 Å². The van der Waals surface area contributed by atoms with Crippen LogP contribution in [0.25, 0.3) is 0 Å². The van der Waals surface area contributed by atoms with Crippen molar-refractivity contribution in [1.29, 1.82) is 0 Å². The SMILES string of the molecule is CC.CCCC(C(=O)O)N1CCN(CC(=O)O)CCN(CC(=O)O)CCN(CC(=O)O)CC1. The molecular formula is C21H40N4O8. The van der Waals surface area contributed by atoms with Crippen molar-refractivity contribution in [1.82, 2.24) is 19.6 Å². The lowest BCUT2D eigenvalue weighted by Crippen LogP contribution is -2.51. The van der Waals surface area contributed by atoms with E-state index in [1.54, 1.807) is 19.6 Å². The summed E-state index contributed by atoms with van der Waals surface area (Å²) in [5, 5.41) is 37.2. The van der Waals surface area contributed by atoms with E-state index >= 15 is 0 Å². The van der Waals surface area contributed by atoms with Gasteiger partial charge in [-0.05, 0) is 6.42 Å². The number of nitrogens with zero attached hydrogens (tertiary/aromatic N) is 4. The van der Waals surface area contributed by atoms with Crippen molar-refractivity contribution in [3.63, 3.8) is 0 Å². The van der Waals surface area contributed by atoms with Crippen LogP contribution in [-0.4, -0.2) is 142 Å². The van der Waals surface area contributed by atoms with Gasteiger partial charge in [0, 0.05) is 52.4 Å².